The van der Waals surface area contributed by atoms with Crippen molar-refractivity contribution in [1.82, 2.24) is 15.6 Å². The zero-order valence-electron chi connectivity index (χ0n) is 12.2. The fraction of sp³-hybridized carbons (Fsp3) is 0. The molecule has 7 nitrogen and oxygen atoms in total. The van der Waals surface area contributed by atoms with Crippen LogP contribution in [0.1, 0.15) is 4.88 Å². The number of hydrogen-bond donors (Lipinski definition) is 2. The van der Waals surface area contributed by atoms with Crippen LogP contribution in [0.5, 0.6) is 0 Å². The summed E-state index contributed by atoms with van der Waals surface area (Å²) in [6, 6.07) is 13.1. The van der Waals surface area contributed by atoms with Gasteiger partial charge in [0.15, 0.2) is 0 Å². The van der Waals surface area contributed by atoms with Gasteiger partial charge in [-0.2, -0.15) is 5.10 Å². The minimum Gasteiger partial charge on any atom is -0.292 e. The fourth-order valence-electron chi connectivity index (χ4n) is 1.70. The molecule has 2 amide bonds. The average Bonchev–Trinajstić information content (AvgIpc) is 3.27. The van der Waals surface area contributed by atoms with Crippen LogP contribution in [0.2, 0.25) is 0 Å². The van der Waals surface area contributed by atoms with Gasteiger partial charge >= 0.3 is 11.8 Å². The Kier molecular flexibility index (Phi) is 5.04. The second-order valence-electron chi connectivity index (χ2n) is 4.45. The van der Waals surface area contributed by atoms with Gasteiger partial charge < -0.3 is 0 Å². The molecule has 3 rings (SSSR count). The molecular formula is C15H11N5O2S2. The summed E-state index contributed by atoms with van der Waals surface area (Å²) >= 11 is 2.65. The molecule has 2 N–H and O–H groups in total. The number of aromatic nitrogens is 2. The van der Waals surface area contributed by atoms with Crippen LogP contribution in [-0.4, -0.2) is 28.2 Å². The molecule has 0 saturated heterocycles. The van der Waals surface area contributed by atoms with Gasteiger partial charge in [0, 0.05) is 10.4 Å². The summed E-state index contributed by atoms with van der Waals surface area (Å²) in [5.74, 6) is -1.73. The molecular weight excluding hydrogens is 346 g/mol. The molecule has 2 heterocycles. The standard InChI is InChI=1S/C15H11N5O2S2/c21-12(13(22)18-16-9-11-7-4-8-23-11)17-15-20-19-14(24-15)10-5-2-1-3-6-10/h1-9H,(H,18,22)(H,17,20,21)/b16-9-. The molecule has 0 saturated carbocycles. The van der Waals surface area contributed by atoms with E-state index >= 15 is 0 Å². The Balaban J connectivity index is 1.56. The molecule has 0 spiro atoms. The summed E-state index contributed by atoms with van der Waals surface area (Å²) in [4.78, 5) is 24.3. The second-order valence-corrected chi connectivity index (χ2v) is 6.40. The van der Waals surface area contributed by atoms with Gasteiger partial charge in [0.25, 0.3) is 0 Å². The highest BCUT2D eigenvalue weighted by Gasteiger charge is 2.16. The van der Waals surface area contributed by atoms with Crippen LogP contribution in [0.15, 0.2) is 52.9 Å². The number of rotatable bonds is 4. The molecule has 0 radical (unpaired) electrons. The van der Waals surface area contributed by atoms with E-state index in [1.807, 2.05) is 47.8 Å². The maximum Gasteiger partial charge on any atom is 0.329 e. The van der Waals surface area contributed by atoms with Crippen molar-refractivity contribution in [3.63, 3.8) is 0 Å². The number of thiophene rings is 1. The van der Waals surface area contributed by atoms with Crippen molar-refractivity contribution < 1.29 is 9.59 Å². The topological polar surface area (TPSA) is 96.3 Å². The predicted molar refractivity (Wildman–Crippen MR) is 94.0 cm³/mol. The zero-order chi connectivity index (χ0) is 16.8. The highest BCUT2D eigenvalue weighted by Crippen LogP contribution is 2.25. The Morgan fingerprint density at radius 3 is 2.62 bits per heavy atom. The van der Waals surface area contributed by atoms with Gasteiger partial charge in [0.1, 0.15) is 5.01 Å². The SMILES string of the molecule is O=C(N/N=C\c1cccs1)C(=O)Nc1nnc(-c2ccccc2)s1. The lowest BCUT2D eigenvalue weighted by molar-refractivity contribution is -0.136. The Morgan fingerprint density at radius 2 is 1.88 bits per heavy atom. The first-order chi connectivity index (χ1) is 11.7. The number of nitrogens with one attached hydrogen (secondary N) is 2. The van der Waals surface area contributed by atoms with Gasteiger partial charge in [0.05, 0.1) is 6.21 Å². The summed E-state index contributed by atoms with van der Waals surface area (Å²) in [5, 5.41) is 16.7. The molecule has 2 aromatic heterocycles. The van der Waals surface area contributed by atoms with E-state index in [0.29, 0.717) is 5.01 Å². The Bertz CT molecular complexity index is 859. The molecule has 0 aliphatic heterocycles. The van der Waals surface area contributed by atoms with Crippen molar-refractivity contribution in [2.24, 2.45) is 5.10 Å². The van der Waals surface area contributed by atoms with Gasteiger partial charge in [-0.25, -0.2) is 5.43 Å². The van der Waals surface area contributed by atoms with Gasteiger partial charge in [-0.1, -0.05) is 47.7 Å². The summed E-state index contributed by atoms with van der Waals surface area (Å²) in [7, 11) is 0. The zero-order valence-corrected chi connectivity index (χ0v) is 13.8. The van der Waals surface area contributed by atoms with E-state index in [0.717, 1.165) is 10.4 Å². The minimum atomic E-state index is -0.876. The first-order valence-corrected chi connectivity index (χ1v) is 8.49. The lowest BCUT2D eigenvalue weighted by Crippen LogP contribution is -2.32. The van der Waals surface area contributed by atoms with Crippen LogP contribution in [0.25, 0.3) is 10.6 Å². The molecule has 0 atom stereocenters. The lowest BCUT2D eigenvalue weighted by Gasteiger charge is -1.98. The first kappa shape index (κ1) is 16.0. The van der Waals surface area contributed by atoms with Gasteiger partial charge in [0.2, 0.25) is 5.13 Å². The third kappa shape index (κ3) is 4.09. The number of carbonyl (C=O) groups is 2. The summed E-state index contributed by atoms with van der Waals surface area (Å²) in [6.45, 7) is 0. The van der Waals surface area contributed by atoms with Crippen LogP contribution in [0.4, 0.5) is 5.13 Å². The molecule has 120 valence electrons. The summed E-state index contributed by atoms with van der Waals surface area (Å²) < 4.78 is 0. The molecule has 0 bridgehead atoms. The molecule has 0 aliphatic rings. The van der Waals surface area contributed by atoms with Gasteiger partial charge in [-0.3, -0.25) is 14.9 Å². The van der Waals surface area contributed by atoms with Crippen LogP contribution in [-0.2, 0) is 9.59 Å². The molecule has 9 heteroatoms. The third-order valence-electron chi connectivity index (χ3n) is 2.77. The number of hydrazone groups is 1. The Labute approximate surface area is 145 Å². The minimum absolute atomic E-state index is 0.247. The van der Waals surface area contributed by atoms with Gasteiger partial charge in [-0.15, -0.1) is 21.5 Å². The van der Waals surface area contributed by atoms with Crippen LogP contribution < -0.4 is 10.7 Å². The smallest absolute Gasteiger partial charge is 0.292 e. The van der Waals surface area contributed by atoms with Crippen molar-refractivity contribution in [2.45, 2.75) is 0 Å². The number of anilines is 1. The molecule has 0 aliphatic carbocycles. The maximum absolute atomic E-state index is 11.8. The van der Waals surface area contributed by atoms with E-state index in [9.17, 15) is 9.59 Å². The highest BCUT2D eigenvalue weighted by atomic mass is 32.1. The largest absolute Gasteiger partial charge is 0.329 e. The van der Waals surface area contributed by atoms with E-state index in [1.165, 1.54) is 28.9 Å². The second kappa shape index (κ2) is 7.57. The number of carbonyl (C=O) groups excluding carboxylic acids is 2. The molecule has 24 heavy (non-hydrogen) atoms. The number of benzene rings is 1. The highest BCUT2D eigenvalue weighted by molar-refractivity contribution is 7.18. The monoisotopic (exact) mass is 357 g/mol. The van der Waals surface area contributed by atoms with Crippen molar-refractivity contribution in [3.05, 3.63) is 52.7 Å². The van der Waals surface area contributed by atoms with Gasteiger partial charge in [-0.05, 0) is 11.4 Å². The maximum atomic E-state index is 11.8. The van der Waals surface area contributed by atoms with E-state index in [-0.39, 0.29) is 5.13 Å². The fourth-order valence-corrected chi connectivity index (χ4v) is 3.02. The summed E-state index contributed by atoms with van der Waals surface area (Å²) in [6.07, 6.45) is 1.47. The van der Waals surface area contributed by atoms with Crippen molar-refractivity contribution in [2.75, 3.05) is 5.32 Å². The molecule has 1 aromatic carbocycles. The van der Waals surface area contributed by atoms with Crippen LogP contribution in [0, 0.1) is 0 Å². The van der Waals surface area contributed by atoms with E-state index < -0.39 is 11.8 Å². The predicted octanol–water partition coefficient (Wildman–Crippen LogP) is 2.36. The normalized spacial score (nSPS) is 10.7. The Morgan fingerprint density at radius 1 is 1.04 bits per heavy atom. The number of nitrogens with zero attached hydrogens (tertiary/aromatic N) is 3. The molecule has 0 fully saturated rings. The van der Waals surface area contributed by atoms with Crippen LogP contribution >= 0.6 is 22.7 Å². The number of hydrogen-bond acceptors (Lipinski definition) is 7. The van der Waals surface area contributed by atoms with Crippen molar-refractivity contribution in [3.8, 4) is 10.6 Å². The average molecular weight is 357 g/mol. The van der Waals surface area contributed by atoms with E-state index in [1.54, 1.807) is 0 Å². The molecule has 3 aromatic rings. The quantitative estimate of drug-likeness (QED) is 0.425. The number of amides is 2. The first-order valence-electron chi connectivity index (χ1n) is 6.79. The van der Waals surface area contributed by atoms with E-state index in [4.69, 9.17) is 0 Å². The van der Waals surface area contributed by atoms with E-state index in [2.05, 4.69) is 26.0 Å². The lowest BCUT2D eigenvalue weighted by atomic mass is 10.2. The molecule has 0 unspecified atom stereocenters. The Hall–Kier alpha value is -2.91. The van der Waals surface area contributed by atoms with Crippen molar-refractivity contribution >= 4 is 45.8 Å². The third-order valence-corrected chi connectivity index (χ3v) is 4.47. The van der Waals surface area contributed by atoms with Crippen LogP contribution in [0.3, 0.4) is 0 Å². The summed E-state index contributed by atoms with van der Waals surface area (Å²) in [5.41, 5.74) is 3.05. The van der Waals surface area contributed by atoms with Crippen molar-refractivity contribution in [1.29, 1.82) is 0 Å².